The quantitative estimate of drug-likeness (QED) is 0.587. The second-order valence-corrected chi connectivity index (χ2v) is 7.19. The molecule has 1 aliphatic carbocycles. The Morgan fingerprint density at radius 3 is 3.04 bits per heavy atom. The van der Waals surface area contributed by atoms with Crippen LogP contribution in [0.4, 0.5) is 0 Å². The lowest BCUT2D eigenvalue weighted by Gasteiger charge is -2.17. The summed E-state index contributed by atoms with van der Waals surface area (Å²) in [6.07, 6.45) is 10.2. The summed E-state index contributed by atoms with van der Waals surface area (Å²) >= 11 is 7.09. The molecule has 4 rings (SSSR count). The van der Waals surface area contributed by atoms with E-state index in [1.807, 2.05) is 30.0 Å². The number of aromatic nitrogens is 3. The lowest BCUT2D eigenvalue weighted by atomic mass is 9.95. The fourth-order valence-corrected chi connectivity index (χ4v) is 3.83. The summed E-state index contributed by atoms with van der Waals surface area (Å²) in [6, 6.07) is 4.05. The van der Waals surface area contributed by atoms with Crippen molar-refractivity contribution in [2.75, 3.05) is 6.54 Å². The SMILES string of the molecule is S=C(NCC1=C(c2cscn2)CCC=C1)NCc1ccnc2[nH]ccc12. The van der Waals surface area contributed by atoms with Crippen LogP contribution in [0, 0.1) is 0 Å². The van der Waals surface area contributed by atoms with Crippen LogP contribution in [0.15, 0.2) is 53.1 Å². The molecule has 7 heteroatoms. The summed E-state index contributed by atoms with van der Waals surface area (Å²) in [5.41, 5.74) is 7.60. The molecule has 3 N–H and O–H groups in total. The van der Waals surface area contributed by atoms with Crippen molar-refractivity contribution in [2.45, 2.75) is 19.4 Å². The van der Waals surface area contributed by atoms with Gasteiger partial charge in [0.15, 0.2) is 5.11 Å². The first-order chi connectivity index (χ1) is 12.8. The predicted molar refractivity (Wildman–Crippen MR) is 111 cm³/mol. The average Bonchev–Trinajstić information content (AvgIpc) is 3.36. The molecule has 5 nitrogen and oxygen atoms in total. The molecule has 0 saturated carbocycles. The zero-order valence-corrected chi connectivity index (χ0v) is 15.8. The third-order valence-corrected chi connectivity index (χ3v) is 5.31. The minimum atomic E-state index is 0.648. The van der Waals surface area contributed by atoms with E-state index in [0.717, 1.165) is 29.6 Å². The fraction of sp³-hybridized carbons (Fsp3) is 0.211. The summed E-state index contributed by atoms with van der Waals surface area (Å²) in [4.78, 5) is 11.9. The van der Waals surface area contributed by atoms with Gasteiger partial charge in [-0.25, -0.2) is 9.97 Å². The Morgan fingerprint density at radius 1 is 1.23 bits per heavy atom. The van der Waals surface area contributed by atoms with Crippen molar-refractivity contribution < 1.29 is 0 Å². The van der Waals surface area contributed by atoms with Gasteiger partial charge in [0, 0.05) is 36.2 Å². The van der Waals surface area contributed by atoms with Gasteiger partial charge in [-0.2, -0.15) is 0 Å². The van der Waals surface area contributed by atoms with Crippen LogP contribution in [0.3, 0.4) is 0 Å². The minimum absolute atomic E-state index is 0.648. The molecule has 0 fully saturated rings. The summed E-state index contributed by atoms with van der Waals surface area (Å²) in [6.45, 7) is 1.36. The number of pyridine rings is 1. The largest absolute Gasteiger partial charge is 0.359 e. The van der Waals surface area contributed by atoms with Gasteiger partial charge >= 0.3 is 0 Å². The van der Waals surface area contributed by atoms with Crippen LogP contribution in [0.25, 0.3) is 16.6 Å². The molecule has 1 aliphatic rings. The number of H-pyrrole nitrogens is 1. The van der Waals surface area contributed by atoms with Gasteiger partial charge < -0.3 is 15.6 Å². The monoisotopic (exact) mass is 381 g/mol. The van der Waals surface area contributed by atoms with Crippen LogP contribution < -0.4 is 10.6 Å². The second-order valence-electron chi connectivity index (χ2n) is 6.06. The third-order valence-electron chi connectivity index (χ3n) is 4.44. The van der Waals surface area contributed by atoms with E-state index >= 15 is 0 Å². The number of thiazole rings is 1. The van der Waals surface area contributed by atoms with E-state index in [2.05, 4.69) is 43.1 Å². The highest BCUT2D eigenvalue weighted by atomic mass is 32.1. The van der Waals surface area contributed by atoms with Crippen molar-refractivity contribution in [3.05, 3.63) is 64.4 Å². The molecule has 0 atom stereocenters. The Kier molecular flexibility index (Phi) is 5.08. The third kappa shape index (κ3) is 3.68. The van der Waals surface area contributed by atoms with Crippen LogP contribution in [0.5, 0.6) is 0 Å². The number of allylic oxidation sites excluding steroid dienone is 2. The molecule has 132 valence electrons. The van der Waals surface area contributed by atoms with Crippen molar-refractivity contribution in [3.63, 3.8) is 0 Å². The maximum absolute atomic E-state index is 5.46. The van der Waals surface area contributed by atoms with E-state index in [9.17, 15) is 0 Å². The maximum atomic E-state index is 5.46. The van der Waals surface area contributed by atoms with E-state index in [1.165, 1.54) is 16.7 Å². The molecular weight excluding hydrogens is 362 g/mol. The maximum Gasteiger partial charge on any atom is 0.166 e. The van der Waals surface area contributed by atoms with Gasteiger partial charge in [-0.05, 0) is 53.9 Å². The van der Waals surface area contributed by atoms with E-state index < -0.39 is 0 Å². The Morgan fingerprint density at radius 2 is 2.15 bits per heavy atom. The number of aromatic amines is 1. The molecule has 0 bridgehead atoms. The summed E-state index contributed by atoms with van der Waals surface area (Å²) < 4.78 is 0. The first-order valence-corrected chi connectivity index (χ1v) is 9.86. The van der Waals surface area contributed by atoms with E-state index in [4.69, 9.17) is 12.2 Å². The molecule has 3 aromatic rings. The highest BCUT2D eigenvalue weighted by Gasteiger charge is 2.12. The van der Waals surface area contributed by atoms with Crippen LogP contribution in [-0.2, 0) is 6.54 Å². The molecule has 0 aromatic carbocycles. The number of hydrogen-bond donors (Lipinski definition) is 3. The van der Waals surface area contributed by atoms with Gasteiger partial charge in [-0.3, -0.25) is 0 Å². The molecule has 0 radical (unpaired) electrons. The molecule has 3 aromatic heterocycles. The second kappa shape index (κ2) is 7.80. The standard InChI is InChI=1S/C19H19N5S2/c25-19(23-10-14-5-7-20-18-16(14)6-8-21-18)22-9-13-3-1-2-4-15(13)17-11-26-12-24-17/h1,3,5-8,11-12H,2,4,9-10H2,(H,20,21)(H2,22,23,25). The van der Waals surface area contributed by atoms with Crippen molar-refractivity contribution in [1.82, 2.24) is 25.6 Å². The minimum Gasteiger partial charge on any atom is -0.359 e. The van der Waals surface area contributed by atoms with Gasteiger partial charge in [0.05, 0.1) is 11.2 Å². The lowest BCUT2D eigenvalue weighted by molar-refractivity contribution is 0.865. The Bertz CT molecular complexity index is 969. The number of thiocarbonyl (C=S) groups is 1. The Labute approximate surface area is 161 Å². The van der Waals surface area contributed by atoms with Gasteiger partial charge in [0.1, 0.15) is 5.65 Å². The lowest BCUT2D eigenvalue weighted by Crippen LogP contribution is -2.36. The van der Waals surface area contributed by atoms with Crippen molar-refractivity contribution in [1.29, 1.82) is 0 Å². The molecule has 26 heavy (non-hydrogen) atoms. The average molecular weight is 382 g/mol. The van der Waals surface area contributed by atoms with Gasteiger partial charge in [0.2, 0.25) is 0 Å². The van der Waals surface area contributed by atoms with Crippen LogP contribution in [0.1, 0.15) is 24.1 Å². The number of fused-ring (bicyclic) bond motifs is 1. The normalized spacial score (nSPS) is 14.0. The zero-order chi connectivity index (χ0) is 17.8. The molecule has 0 spiro atoms. The van der Waals surface area contributed by atoms with Crippen molar-refractivity contribution in [2.24, 2.45) is 0 Å². The smallest absolute Gasteiger partial charge is 0.166 e. The molecular formula is C19H19N5S2. The summed E-state index contributed by atoms with van der Waals surface area (Å²) in [5.74, 6) is 0. The van der Waals surface area contributed by atoms with Gasteiger partial charge in [0.25, 0.3) is 0 Å². The molecule has 0 amide bonds. The fourth-order valence-electron chi connectivity index (χ4n) is 3.12. The van der Waals surface area contributed by atoms with Gasteiger partial charge in [-0.1, -0.05) is 12.2 Å². The summed E-state index contributed by atoms with van der Waals surface area (Å²) in [5, 5.41) is 10.5. The highest BCUT2D eigenvalue weighted by molar-refractivity contribution is 7.80. The molecule has 0 saturated heterocycles. The Hall–Kier alpha value is -2.51. The molecule has 0 unspecified atom stereocenters. The Balaban J connectivity index is 1.38. The van der Waals surface area contributed by atoms with E-state index in [0.29, 0.717) is 18.2 Å². The topological polar surface area (TPSA) is 65.6 Å². The molecule has 0 aliphatic heterocycles. The molecule has 3 heterocycles. The van der Waals surface area contributed by atoms with E-state index in [-0.39, 0.29) is 0 Å². The van der Waals surface area contributed by atoms with Crippen LogP contribution in [0.2, 0.25) is 0 Å². The number of nitrogens with one attached hydrogen (secondary N) is 3. The van der Waals surface area contributed by atoms with E-state index in [1.54, 1.807) is 11.3 Å². The highest BCUT2D eigenvalue weighted by Crippen LogP contribution is 2.27. The first-order valence-electron chi connectivity index (χ1n) is 8.51. The van der Waals surface area contributed by atoms with Crippen LogP contribution in [-0.4, -0.2) is 26.6 Å². The summed E-state index contributed by atoms with van der Waals surface area (Å²) in [7, 11) is 0. The number of hydrogen-bond acceptors (Lipinski definition) is 4. The predicted octanol–water partition coefficient (Wildman–Crippen LogP) is 3.79. The number of rotatable bonds is 5. The zero-order valence-electron chi connectivity index (χ0n) is 14.2. The van der Waals surface area contributed by atoms with Gasteiger partial charge in [-0.15, -0.1) is 11.3 Å². The van der Waals surface area contributed by atoms with Crippen LogP contribution >= 0.6 is 23.6 Å². The van der Waals surface area contributed by atoms with Crippen molar-refractivity contribution >= 4 is 45.3 Å². The number of nitrogens with zero attached hydrogens (tertiary/aromatic N) is 2. The van der Waals surface area contributed by atoms with Crippen molar-refractivity contribution in [3.8, 4) is 0 Å². The first kappa shape index (κ1) is 16.9.